The maximum atomic E-state index is 4.68. The highest BCUT2D eigenvalue weighted by Crippen LogP contribution is 2.36. The summed E-state index contributed by atoms with van der Waals surface area (Å²) in [5.41, 5.74) is 1.93. The summed E-state index contributed by atoms with van der Waals surface area (Å²) in [6.07, 6.45) is 7.43. The van der Waals surface area contributed by atoms with Gasteiger partial charge in [-0.15, -0.1) is 12.4 Å². The van der Waals surface area contributed by atoms with Crippen molar-refractivity contribution in [2.24, 2.45) is 5.41 Å². The number of halogens is 1. The number of hydrogen-bond donors (Lipinski definition) is 1. The van der Waals surface area contributed by atoms with Crippen molar-refractivity contribution in [1.29, 1.82) is 0 Å². The van der Waals surface area contributed by atoms with Crippen LogP contribution in [0.3, 0.4) is 0 Å². The molecule has 0 aliphatic carbocycles. The second kappa shape index (κ2) is 6.73. The minimum Gasteiger partial charge on any atom is -0.357 e. The van der Waals surface area contributed by atoms with Crippen molar-refractivity contribution in [2.75, 3.05) is 44.2 Å². The maximum absolute atomic E-state index is 4.68. The summed E-state index contributed by atoms with van der Waals surface area (Å²) in [5.74, 6) is 1.16. The van der Waals surface area contributed by atoms with E-state index in [0.717, 1.165) is 12.4 Å². The van der Waals surface area contributed by atoms with Crippen LogP contribution in [0, 0.1) is 5.41 Å². The number of rotatable bonds is 3. The molecule has 4 nitrogen and oxygen atoms in total. The van der Waals surface area contributed by atoms with Crippen LogP contribution in [-0.4, -0.2) is 49.2 Å². The summed E-state index contributed by atoms with van der Waals surface area (Å²) in [6.45, 7) is 8.34. The van der Waals surface area contributed by atoms with Gasteiger partial charge in [0.05, 0.1) is 0 Å². The molecule has 0 bridgehead atoms. The molecule has 3 aliphatic heterocycles. The lowest BCUT2D eigenvalue weighted by molar-refractivity contribution is 0.268. The molecule has 5 heteroatoms. The van der Waals surface area contributed by atoms with Gasteiger partial charge in [0.15, 0.2) is 0 Å². The van der Waals surface area contributed by atoms with E-state index in [1.807, 2.05) is 0 Å². The minimum atomic E-state index is 0. The molecular formula is C17H27ClN4. The van der Waals surface area contributed by atoms with Crippen molar-refractivity contribution < 1.29 is 0 Å². The van der Waals surface area contributed by atoms with Crippen LogP contribution in [0.15, 0.2) is 18.3 Å². The quantitative estimate of drug-likeness (QED) is 0.925. The smallest absolute Gasteiger partial charge is 0.128 e. The van der Waals surface area contributed by atoms with Crippen molar-refractivity contribution in [3.63, 3.8) is 0 Å². The lowest BCUT2D eigenvalue weighted by Gasteiger charge is -2.23. The van der Waals surface area contributed by atoms with Gasteiger partial charge in [-0.25, -0.2) is 4.98 Å². The van der Waals surface area contributed by atoms with Gasteiger partial charge in [-0.05, 0) is 55.8 Å². The Morgan fingerprint density at radius 1 is 1.14 bits per heavy atom. The number of nitrogens with zero attached hydrogens (tertiary/aromatic N) is 3. The van der Waals surface area contributed by atoms with E-state index in [9.17, 15) is 0 Å². The predicted molar refractivity (Wildman–Crippen MR) is 92.7 cm³/mol. The van der Waals surface area contributed by atoms with Crippen LogP contribution in [0.4, 0.5) is 5.82 Å². The second-order valence-electron chi connectivity index (χ2n) is 7.11. The third-order valence-electron chi connectivity index (χ3n) is 5.49. The molecule has 4 rings (SSSR count). The van der Waals surface area contributed by atoms with Crippen molar-refractivity contribution in [3.05, 3.63) is 23.9 Å². The van der Waals surface area contributed by atoms with Crippen LogP contribution >= 0.6 is 12.4 Å². The number of hydrogen-bond acceptors (Lipinski definition) is 4. The van der Waals surface area contributed by atoms with E-state index in [4.69, 9.17) is 0 Å². The van der Waals surface area contributed by atoms with Gasteiger partial charge in [-0.3, -0.25) is 4.90 Å². The van der Waals surface area contributed by atoms with E-state index in [-0.39, 0.29) is 12.4 Å². The Bertz CT molecular complexity index is 478. The molecular weight excluding hydrogens is 296 g/mol. The number of nitrogens with one attached hydrogen (secondary N) is 1. The summed E-state index contributed by atoms with van der Waals surface area (Å²) in [5, 5.41) is 3.53. The van der Waals surface area contributed by atoms with E-state index in [0.29, 0.717) is 5.41 Å². The van der Waals surface area contributed by atoms with Gasteiger partial charge in [0.1, 0.15) is 5.82 Å². The first-order valence-corrected chi connectivity index (χ1v) is 8.46. The number of likely N-dealkylation sites (tertiary alicyclic amines) is 1. The zero-order valence-electron chi connectivity index (χ0n) is 13.3. The summed E-state index contributed by atoms with van der Waals surface area (Å²) in [6, 6.07) is 4.49. The topological polar surface area (TPSA) is 31.4 Å². The molecule has 122 valence electrons. The fraction of sp³-hybridized carbons (Fsp3) is 0.706. The first-order valence-electron chi connectivity index (χ1n) is 8.46. The van der Waals surface area contributed by atoms with Crippen LogP contribution in [-0.2, 0) is 6.54 Å². The van der Waals surface area contributed by atoms with E-state index in [1.54, 1.807) is 0 Å². The molecule has 1 unspecified atom stereocenters. The van der Waals surface area contributed by atoms with Crippen LogP contribution in [0.2, 0.25) is 0 Å². The summed E-state index contributed by atoms with van der Waals surface area (Å²) < 4.78 is 0. The molecule has 0 radical (unpaired) electrons. The van der Waals surface area contributed by atoms with Crippen molar-refractivity contribution >= 4 is 18.2 Å². The predicted octanol–water partition coefficient (Wildman–Crippen LogP) is 2.29. The fourth-order valence-electron chi connectivity index (χ4n) is 4.21. The Kier molecular flexibility index (Phi) is 4.91. The maximum Gasteiger partial charge on any atom is 0.128 e. The molecule has 4 heterocycles. The lowest BCUT2D eigenvalue weighted by Crippen LogP contribution is -2.29. The van der Waals surface area contributed by atoms with Crippen LogP contribution in [0.1, 0.15) is 31.2 Å². The molecule has 3 aliphatic rings. The van der Waals surface area contributed by atoms with Crippen LogP contribution in [0.5, 0.6) is 0 Å². The van der Waals surface area contributed by atoms with Crippen LogP contribution < -0.4 is 10.2 Å². The second-order valence-corrected chi connectivity index (χ2v) is 7.11. The zero-order chi connectivity index (χ0) is 14.1. The summed E-state index contributed by atoms with van der Waals surface area (Å²) in [7, 11) is 0. The molecule has 1 atom stereocenters. The van der Waals surface area contributed by atoms with Gasteiger partial charge < -0.3 is 10.2 Å². The van der Waals surface area contributed by atoms with Crippen LogP contribution in [0.25, 0.3) is 0 Å². The minimum absolute atomic E-state index is 0. The van der Waals surface area contributed by atoms with Gasteiger partial charge in [0, 0.05) is 38.9 Å². The third-order valence-corrected chi connectivity index (χ3v) is 5.49. The number of anilines is 1. The average molecular weight is 323 g/mol. The van der Waals surface area contributed by atoms with Gasteiger partial charge in [-0.2, -0.15) is 0 Å². The highest BCUT2D eigenvalue weighted by Gasteiger charge is 2.39. The molecule has 0 amide bonds. The van der Waals surface area contributed by atoms with E-state index < -0.39 is 0 Å². The van der Waals surface area contributed by atoms with Gasteiger partial charge >= 0.3 is 0 Å². The number of aromatic nitrogens is 1. The Morgan fingerprint density at radius 2 is 2.00 bits per heavy atom. The molecule has 1 spiro atoms. The fourth-order valence-corrected chi connectivity index (χ4v) is 4.21. The largest absolute Gasteiger partial charge is 0.357 e. The molecule has 1 aromatic heterocycles. The third kappa shape index (κ3) is 3.24. The highest BCUT2D eigenvalue weighted by molar-refractivity contribution is 5.85. The van der Waals surface area contributed by atoms with Crippen molar-refractivity contribution in [2.45, 2.75) is 32.2 Å². The van der Waals surface area contributed by atoms with E-state index in [1.165, 1.54) is 70.5 Å². The summed E-state index contributed by atoms with van der Waals surface area (Å²) >= 11 is 0. The van der Waals surface area contributed by atoms with Gasteiger partial charge in [-0.1, -0.05) is 6.07 Å². The molecule has 0 aromatic carbocycles. The summed E-state index contributed by atoms with van der Waals surface area (Å²) in [4.78, 5) is 9.69. The monoisotopic (exact) mass is 322 g/mol. The van der Waals surface area contributed by atoms with Gasteiger partial charge in [0.25, 0.3) is 0 Å². The van der Waals surface area contributed by atoms with E-state index in [2.05, 4.69) is 38.4 Å². The first-order chi connectivity index (χ1) is 10.3. The Hall–Kier alpha value is -0.840. The Labute approximate surface area is 139 Å². The zero-order valence-corrected chi connectivity index (χ0v) is 14.1. The molecule has 1 aromatic rings. The molecule has 3 fully saturated rings. The lowest BCUT2D eigenvalue weighted by atomic mass is 9.87. The molecule has 0 saturated carbocycles. The Balaban J connectivity index is 0.00000144. The van der Waals surface area contributed by atoms with E-state index >= 15 is 0 Å². The average Bonchev–Trinajstić information content (AvgIpc) is 3.25. The van der Waals surface area contributed by atoms with Gasteiger partial charge in [0.2, 0.25) is 0 Å². The molecule has 1 N–H and O–H groups in total. The number of pyridine rings is 1. The normalized spacial score (nSPS) is 28.5. The van der Waals surface area contributed by atoms with Crippen molar-refractivity contribution in [3.8, 4) is 0 Å². The Morgan fingerprint density at radius 3 is 2.68 bits per heavy atom. The molecule has 3 saturated heterocycles. The SMILES string of the molecule is Cl.c1cc(N2CCCC2)ncc1CN1CCC2(CCNC2)C1. The standard InChI is InChI=1S/C17H26N4.ClH/c1-2-9-21(8-1)16-4-3-15(11-19-16)12-20-10-6-17(14-20)5-7-18-13-17;/h3-4,11,18H,1-2,5-10,12-14H2;1H. The molecule has 22 heavy (non-hydrogen) atoms. The first kappa shape index (κ1) is 16.0. The highest BCUT2D eigenvalue weighted by atomic mass is 35.5. The van der Waals surface area contributed by atoms with Crippen molar-refractivity contribution in [1.82, 2.24) is 15.2 Å².